The van der Waals surface area contributed by atoms with Crippen LogP contribution < -0.4 is 5.32 Å². The number of ether oxygens (including phenoxy) is 1. The van der Waals surface area contributed by atoms with Crippen molar-refractivity contribution in [3.05, 3.63) is 35.9 Å². The Labute approximate surface area is 132 Å². The predicted octanol–water partition coefficient (Wildman–Crippen LogP) is 1.97. The minimum Gasteiger partial charge on any atom is -0.396 e. The zero-order valence-corrected chi connectivity index (χ0v) is 13.4. The second-order valence-electron chi connectivity index (χ2n) is 5.82. The molecular weight excluding hydrogens is 280 g/mol. The largest absolute Gasteiger partial charge is 0.396 e. The third kappa shape index (κ3) is 4.21. The Morgan fingerprint density at radius 2 is 2.14 bits per heavy atom. The number of carbonyl (C=O) groups excluding carboxylic acids is 1. The Kier molecular flexibility index (Phi) is 6.21. The topological polar surface area (TPSA) is 61.8 Å². The molecule has 5 heteroatoms. The Morgan fingerprint density at radius 1 is 1.41 bits per heavy atom. The van der Waals surface area contributed by atoms with Crippen LogP contribution in [-0.2, 0) is 4.74 Å². The van der Waals surface area contributed by atoms with Crippen molar-refractivity contribution >= 4 is 6.03 Å². The van der Waals surface area contributed by atoms with Crippen LogP contribution in [0.25, 0.3) is 0 Å². The van der Waals surface area contributed by atoms with Gasteiger partial charge in [-0.05, 0) is 25.8 Å². The minimum atomic E-state index is -0.0541. The Balaban J connectivity index is 1.93. The molecule has 1 aliphatic rings. The molecule has 0 aromatic heterocycles. The molecule has 1 aliphatic heterocycles. The van der Waals surface area contributed by atoms with Crippen molar-refractivity contribution in [2.75, 3.05) is 26.3 Å². The van der Waals surface area contributed by atoms with Crippen molar-refractivity contribution in [1.82, 2.24) is 10.2 Å². The lowest BCUT2D eigenvalue weighted by molar-refractivity contribution is -0.0376. The first-order valence-electron chi connectivity index (χ1n) is 7.95. The van der Waals surface area contributed by atoms with E-state index in [4.69, 9.17) is 4.74 Å². The molecular formula is C17H26N2O3. The van der Waals surface area contributed by atoms with Crippen LogP contribution in [0.5, 0.6) is 0 Å². The highest BCUT2D eigenvalue weighted by atomic mass is 16.5. The van der Waals surface area contributed by atoms with Gasteiger partial charge in [-0.1, -0.05) is 30.3 Å². The number of hydrogen-bond acceptors (Lipinski definition) is 3. The summed E-state index contributed by atoms with van der Waals surface area (Å²) >= 11 is 0. The van der Waals surface area contributed by atoms with Crippen LogP contribution >= 0.6 is 0 Å². The van der Waals surface area contributed by atoms with Gasteiger partial charge in [0, 0.05) is 25.6 Å². The lowest BCUT2D eigenvalue weighted by Gasteiger charge is -2.38. The average molecular weight is 306 g/mol. The summed E-state index contributed by atoms with van der Waals surface area (Å²) < 4.78 is 5.55. The molecule has 1 fully saturated rings. The van der Waals surface area contributed by atoms with Gasteiger partial charge in [-0.2, -0.15) is 0 Å². The van der Waals surface area contributed by atoms with Crippen LogP contribution in [0.3, 0.4) is 0 Å². The zero-order chi connectivity index (χ0) is 15.9. The maximum absolute atomic E-state index is 12.4. The molecule has 0 bridgehead atoms. The second kappa shape index (κ2) is 8.15. The van der Waals surface area contributed by atoms with Gasteiger partial charge in [0.15, 0.2) is 0 Å². The number of carbonyl (C=O) groups is 1. The smallest absolute Gasteiger partial charge is 0.317 e. The molecule has 3 unspecified atom stereocenters. The molecule has 0 radical (unpaired) electrons. The lowest BCUT2D eigenvalue weighted by atomic mass is 9.96. The first-order valence-corrected chi connectivity index (χ1v) is 7.95. The van der Waals surface area contributed by atoms with Gasteiger partial charge in [0.25, 0.3) is 0 Å². The van der Waals surface area contributed by atoms with E-state index >= 15 is 0 Å². The van der Waals surface area contributed by atoms with Gasteiger partial charge in [0.05, 0.1) is 18.8 Å². The van der Waals surface area contributed by atoms with Crippen LogP contribution in [-0.4, -0.2) is 54.5 Å². The van der Waals surface area contributed by atoms with Crippen LogP contribution in [0, 0.1) is 0 Å². The van der Waals surface area contributed by atoms with Gasteiger partial charge in [-0.3, -0.25) is 0 Å². The predicted molar refractivity (Wildman–Crippen MR) is 85.9 cm³/mol. The molecule has 1 aromatic rings. The van der Waals surface area contributed by atoms with Crippen LogP contribution in [0.15, 0.2) is 30.3 Å². The first-order chi connectivity index (χ1) is 10.6. The monoisotopic (exact) mass is 306 g/mol. The van der Waals surface area contributed by atoms with Gasteiger partial charge in [0.2, 0.25) is 0 Å². The number of urea groups is 1. The van der Waals surface area contributed by atoms with E-state index in [2.05, 4.69) is 5.32 Å². The summed E-state index contributed by atoms with van der Waals surface area (Å²) in [4.78, 5) is 14.2. The number of benzene rings is 1. The Morgan fingerprint density at radius 3 is 2.82 bits per heavy atom. The minimum absolute atomic E-state index is 0.0541. The SMILES string of the molecule is CC1OCCN(C(=O)NCC(CCO)c2ccccc2)C1C. The van der Waals surface area contributed by atoms with E-state index in [9.17, 15) is 9.90 Å². The van der Waals surface area contributed by atoms with Crippen molar-refractivity contribution in [3.8, 4) is 0 Å². The van der Waals surface area contributed by atoms with Crippen molar-refractivity contribution in [1.29, 1.82) is 0 Å². The third-order valence-corrected chi connectivity index (χ3v) is 4.39. The van der Waals surface area contributed by atoms with Crippen molar-refractivity contribution in [2.45, 2.75) is 38.3 Å². The van der Waals surface area contributed by atoms with Crippen LogP contribution in [0.2, 0.25) is 0 Å². The summed E-state index contributed by atoms with van der Waals surface area (Å²) in [5, 5.41) is 12.3. The standard InChI is InChI=1S/C17H26N2O3/c1-13-14(2)22-11-9-19(13)17(21)18-12-16(8-10-20)15-6-4-3-5-7-15/h3-7,13-14,16,20H,8-12H2,1-2H3,(H,18,21). The molecule has 3 atom stereocenters. The Bertz CT molecular complexity index is 466. The van der Waals surface area contributed by atoms with E-state index in [0.717, 1.165) is 5.56 Å². The molecule has 1 saturated heterocycles. The van der Waals surface area contributed by atoms with Crippen molar-refractivity contribution in [3.63, 3.8) is 0 Å². The highest BCUT2D eigenvalue weighted by Crippen LogP contribution is 2.19. The molecule has 0 saturated carbocycles. The quantitative estimate of drug-likeness (QED) is 0.874. The van der Waals surface area contributed by atoms with Crippen molar-refractivity contribution < 1.29 is 14.6 Å². The number of rotatable bonds is 5. The normalized spacial score (nSPS) is 23.1. The highest BCUT2D eigenvalue weighted by molar-refractivity contribution is 5.74. The summed E-state index contributed by atoms with van der Waals surface area (Å²) in [6.45, 7) is 5.84. The summed E-state index contributed by atoms with van der Waals surface area (Å²) in [6.07, 6.45) is 0.696. The van der Waals surface area contributed by atoms with E-state index in [-0.39, 0.29) is 30.7 Å². The second-order valence-corrected chi connectivity index (χ2v) is 5.82. The van der Waals surface area contributed by atoms with Gasteiger partial charge < -0.3 is 20.1 Å². The van der Waals surface area contributed by atoms with Gasteiger partial charge in [0.1, 0.15) is 0 Å². The fraction of sp³-hybridized carbons (Fsp3) is 0.588. The highest BCUT2D eigenvalue weighted by Gasteiger charge is 2.29. The van der Waals surface area contributed by atoms with E-state index in [0.29, 0.717) is 26.1 Å². The summed E-state index contributed by atoms with van der Waals surface area (Å²) in [6, 6.07) is 10.0. The lowest BCUT2D eigenvalue weighted by Crippen LogP contribution is -2.54. The molecule has 2 rings (SSSR count). The fourth-order valence-corrected chi connectivity index (χ4v) is 2.80. The number of hydrogen-bond donors (Lipinski definition) is 2. The van der Waals surface area contributed by atoms with E-state index < -0.39 is 0 Å². The summed E-state index contributed by atoms with van der Waals surface area (Å²) in [7, 11) is 0. The number of nitrogens with one attached hydrogen (secondary N) is 1. The maximum atomic E-state index is 12.4. The van der Waals surface area contributed by atoms with E-state index in [1.807, 2.05) is 49.1 Å². The van der Waals surface area contributed by atoms with Crippen LogP contribution in [0.4, 0.5) is 4.79 Å². The molecule has 22 heavy (non-hydrogen) atoms. The Hall–Kier alpha value is -1.59. The summed E-state index contributed by atoms with van der Waals surface area (Å²) in [5.74, 6) is 0.129. The van der Waals surface area contributed by atoms with Gasteiger partial charge in [-0.25, -0.2) is 4.79 Å². The molecule has 0 aliphatic carbocycles. The molecule has 2 amide bonds. The summed E-state index contributed by atoms with van der Waals surface area (Å²) in [5.41, 5.74) is 1.14. The molecule has 1 heterocycles. The van der Waals surface area contributed by atoms with Crippen LogP contribution in [0.1, 0.15) is 31.7 Å². The number of morpholine rings is 1. The van der Waals surface area contributed by atoms with E-state index in [1.54, 1.807) is 0 Å². The maximum Gasteiger partial charge on any atom is 0.317 e. The average Bonchev–Trinajstić information content (AvgIpc) is 2.54. The molecule has 1 aromatic carbocycles. The molecule has 122 valence electrons. The number of amides is 2. The van der Waals surface area contributed by atoms with Crippen molar-refractivity contribution in [2.24, 2.45) is 0 Å². The molecule has 0 spiro atoms. The number of aliphatic hydroxyl groups is 1. The number of nitrogens with zero attached hydrogens (tertiary/aromatic N) is 1. The van der Waals surface area contributed by atoms with Gasteiger partial charge in [-0.15, -0.1) is 0 Å². The zero-order valence-electron chi connectivity index (χ0n) is 13.4. The molecule has 5 nitrogen and oxygen atoms in total. The third-order valence-electron chi connectivity index (χ3n) is 4.39. The first kappa shape index (κ1) is 16.8. The van der Waals surface area contributed by atoms with Gasteiger partial charge >= 0.3 is 6.03 Å². The van der Waals surface area contributed by atoms with E-state index in [1.165, 1.54) is 0 Å². The number of aliphatic hydroxyl groups excluding tert-OH is 1. The molecule has 2 N–H and O–H groups in total. The fourth-order valence-electron chi connectivity index (χ4n) is 2.80.